The zero-order chi connectivity index (χ0) is 11.4. The maximum Gasteiger partial charge on any atom is 0.0538 e. The molecule has 0 radical (unpaired) electrons. The summed E-state index contributed by atoms with van der Waals surface area (Å²) in [5.74, 6) is 5.15. The van der Waals surface area contributed by atoms with Gasteiger partial charge in [0.05, 0.1) is 6.21 Å². The van der Waals surface area contributed by atoms with Crippen molar-refractivity contribution < 1.29 is 0 Å². The highest BCUT2D eigenvalue weighted by Gasteiger charge is 2.00. The van der Waals surface area contributed by atoms with E-state index in [4.69, 9.17) is 5.84 Å². The Morgan fingerprint density at radius 2 is 1.88 bits per heavy atom. The maximum atomic E-state index is 5.15. The fourth-order valence-corrected chi connectivity index (χ4v) is 1.77. The highest BCUT2D eigenvalue weighted by molar-refractivity contribution is 5.82. The van der Waals surface area contributed by atoms with Crippen molar-refractivity contribution in [2.24, 2.45) is 10.9 Å². The molecule has 0 saturated heterocycles. The monoisotopic (exact) mass is 210 g/mol. The van der Waals surface area contributed by atoms with E-state index < -0.39 is 0 Å². The molecule has 0 amide bonds. The van der Waals surface area contributed by atoms with Crippen molar-refractivity contribution in [1.82, 2.24) is 0 Å². The van der Waals surface area contributed by atoms with Crippen LogP contribution in [0.25, 0.3) is 11.1 Å². The smallest absolute Gasteiger partial charge is 0.0538 e. The van der Waals surface area contributed by atoms with Gasteiger partial charge in [-0.15, -0.1) is 0 Å². The van der Waals surface area contributed by atoms with E-state index in [1.54, 1.807) is 6.21 Å². The van der Waals surface area contributed by atoms with Crippen molar-refractivity contribution >= 4 is 6.21 Å². The maximum absolute atomic E-state index is 5.15. The number of nitrogens with zero attached hydrogens (tertiary/aromatic N) is 1. The molecule has 0 aromatic heterocycles. The van der Waals surface area contributed by atoms with Gasteiger partial charge in [0, 0.05) is 0 Å². The Morgan fingerprint density at radius 1 is 1.06 bits per heavy atom. The van der Waals surface area contributed by atoms with Gasteiger partial charge in [-0.1, -0.05) is 42.5 Å². The standard InChI is InChI=1S/C14H14N2/c1-11-5-2-3-8-14(11)13-7-4-6-12(9-13)10-16-15/h2-10H,15H2,1H3. The molecule has 2 heteroatoms. The molecule has 0 spiro atoms. The number of hydrogen-bond acceptors (Lipinski definition) is 2. The number of hydrazone groups is 1. The molecule has 2 N–H and O–H groups in total. The van der Waals surface area contributed by atoms with Crippen LogP contribution in [-0.4, -0.2) is 6.21 Å². The molecule has 0 saturated carbocycles. The van der Waals surface area contributed by atoms with Gasteiger partial charge in [0.15, 0.2) is 0 Å². The summed E-state index contributed by atoms with van der Waals surface area (Å²) in [5.41, 5.74) is 4.72. The first-order chi connectivity index (χ1) is 7.81. The number of benzene rings is 2. The molecule has 2 nitrogen and oxygen atoms in total. The minimum atomic E-state index is 1.02. The van der Waals surface area contributed by atoms with Crippen molar-refractivity contribution in [3.63, 3.8) is 0 Å². The minimum Gasteiger partial charge on any atom is -0.323 e. The van der Waals surface area contributed by atoms with E-state index >= 15 is 0 Å². The molecule has 0 unspecified atom stereocenters. The Hall–Kier alpha value is -2.09. The van der Waals surface area contributed by atoms with Crippen LogP contribution in [0.4, 0.5) is 0 Å². The third kappa shape index (κ3) is 2.11. The quantitative estimate of drug-likeness (QED) is 0.462. The van der Waals surface area contributed by atoms with E-state index in [0.717, 1.165) is 5.56 Å². The van der Waals surface area contributed by atoms with Gasteiger partial charge in [-0.2, -0.15) is 5.10 Å². The molecule has 2 rings (SSSR count). The van der Waals surface area contributed by atoms with Crippen LogP contribution in [0.3, 0.4) is 0 Å². The largest absolute Gasteiger partial charge is 0.323 e. The van der Waals surface area contributed by atoms with Crippen molar-refractivity contribution in [2.75, 3.05) is 0 Å². The first-order valence-corrected chi connectivity index (χ1v) is 5.20. The van der Waals surface area contributed by atoms with Crippen LogP contribution in [0.15, 0.2) is 53.6 Å². The average molecular weight is 210 g/mol. The zero-order valence-electron chi connectivity index (χ0n) is 9.22. The first-order valence-electron chi connectivity index (χ1n) is 5.20. The van der Waals surface area contributed by atoms with Gasteiger partial charge < -0.3 is 5.84 Å². The van der Waals surface area contributed by atoms with Crippen molar-refractivity contribution in [3.8, 4) is 11.1 Å². The molecule has 0 aliphatic rings. The summed E-state index contributed by atoms with van der Waals surface area (Å²) in [7, 11) is 0. The Labute approximate surface area is 95.4 Å². The molecular formula is C14H14N2. The lowest BCUT2D eigenvalue weighted by atomic mass is 9.99. The number of nitrogens with two attached hydrogens (primary N) is 1. The molecular weight excluding hydrogens is 196 g/mol. The van der Waals surface area contributed by atoms with Crippen molar-refractivity contribution in [1.29, 1.82) is 0 Å². The van der Waals surface area contributed by atoms with Gasteiger partial charge in [0.2, 0.25) is 0 Å². The number of aryl methyl sites for hydroxylation is 1. The van der Waals surface area contributed by atoms with Crippen molar-refractivity contribution in [2.45, 2.75) is 6.92 Å². The number of hydrogen-bond donors (Lipinski definition) is 1. The van der Waals surface area contributed by atoms with Gasteiger partial charge >= 0.3 is 0 Å². The van der Waals surface area contributed by atoms with Crippen LogP contribution >= 0.6 is 0 Å². The van der Waals surface area contributed by atoms with E-state index in [1.165, 1.54) is 16.7 Å². The molecule has 0 bridgehead atoms. The van der Waals surface area contributed by atoms with E-state index in [1.807, 2.05) is 24.3 Å². The molecule has 0 aliphatic heterocycles. The second kappa shape index (κ2) is 4.62. The topological polar surface area (TPSA) is 38.4 Å². The lowest BCUT2D eigenvalue weighted by molar-refractivity contribution is 1.26. The van der Waals surface area contributed by atoms with Crippen LogP contribution in [0.2, 0.25) is 0 Å². The second-order valence-electron chi connectivity index (χ2n) is 3.72. The van der Waals surface area contributed by atoms with E-state index in [-0.39, 0.29) is 0 Å². The Bertz CT molecular complexity index is 516. The Kier molecular flexibility index (Phi) is 3.01. The molecule has 0 aliphatic carbocycles. The molecule has 0 heterocycles. The lowest BCUT2D eigenvalue weighted by Gasteiger charge is -2.06. The van der Waals surface area contributed by atoms with Crippen LogP contribution in [0.5, 0.6) is 0 Å². The molecule has 2 aromatic rings. The van der Waals surface area contributed by atoms with Gasteiger partial charge in [-0.25, -0.2) is 0 Å². The van der Waals surface area contributed by atoms with E-state index in [2.05, 4.69) is 36.3 Å². The summed E-state index contributed by atoms with van der Waals surface area (Å²) in [6.45, 7) is 2.11. The highest BCUT2D eigenvalue weighted by atomic mass is 15.1. The van der Waals surface area contributed by atoms with Gasteiger partial charge in [0.25, 0.3) is 0 Å². The van der Waals surface area contributed by atoms with E-state index in [0.29, 0.717) is 0 Å². The van der Waals surface area contributed by atoms with E-state index in [9.17, 15) is 0 Å². The SMILES string of the molecule is Cc1ccccc1-c1cccc(C=NN)c1. The summed E-state index contributed by atoms with van der Waals surface area (Å²) in [6.07, 6.45) is 1.65. The Balaban J connectivity index is 2.48. The van der Waals surface area contributed by atoms with Crippen LogP contribution < -0.4 is 5.84 Å². The van der Waals surface area contributed by atoms with Crippen LogP contribution in [0, 0.1) is 6.92 Å². The van der Waals surface area contributed by atoms with Gasteiger partial charge in [-0.3, -0.25) is 0 Å². The zero-order valence-corrected chi connectivity index (χ0v) is 9.22. The summed E-state index contributed by atoms with van der Waals surface area (Å²) in [4.78, 5) is 0. The third-order valence-corrected chi connectivity index (χ3v) is 2.57. The fourth-order valence-electron chi connectivity index (χ4n) is 1.77. The summed E-state index contributed by atoms with van der Waals surface area (Å²) in [6, 6.07) is 16.5. The number of rotatable bonds is 2. The van der Waals surface area contributed by atoms with Crippen molar-refractivity contribution in [3.05, 3.63) is 59.7 Å². The lowest BCUT2D eigenvalue weighted by Crippen LogP contribution is -1.88. The predicted molar refractivity (Wildman–Crippen MR) is 68.4 cm³/mol. The normalized spacial score (nSPS) is 10.8. The molecule has 16 heavy (non-hydrogen) atoms. The van der Waals surface area contributed by atoms with Gasteiger partial charge in [0.1, 0.15) is 0 Å². The molecule has 0 atom stereocenters. The summed E-state index contributed by atoms with van der Waals surface area (Å²) < 4.78 is 0. The van der Waals surface area contributed by atoms with Crippen LogP contribution in [-0.2, 0) is 0 Å². The second-order valence-corrected chi connectivity index (χ2v) is 3.72. The third-order valence-electron chi connectivity index (χ3n) is 2.57. The molecule has 80 valence electrons. The summed E-state index contributed by atoms with van der Waals surface area (Å²) >= 11 is 0. The fraction of sp³-hybridized carbons (Fsp3) is 0.0714. The summed E-state index contributed by atoms with van der Waals surface area (Å²) in [5, 5.41) is 3.54. The molecule has 2 aromatic carbocycles. The molecule has 0 fully saturated rings. The Morgan fingerprint density at radius 3 is 2.62 bits per heavy atom. The van der Waals surface area contributed by atoms with Gasteiger partial charge in [-0.05, 0) is 35.2 Å². The highest BCUT2D eigenvalue weighted by Crippen LogP contribution is 2.23. The average Bonchev–Trinajstić information content (AvgIpc) is 2.30. The first kappa shape index (κ1) is 10.4. The van der Waals surface area contributed by atoms with Crippen LogP contribution in [0.1, 0.15) is 11.1 Å². The predicted octanol–water partition coefficient (Wildman–Crippen LogP) is 2.95. The minimum absolute atomic E-state index is 1.02.